The molecule has 3 N–H and O–H groups in total. The van der Waals surface area contributed by atoms with Gasteiger partial charge in [-0.2, -0.15) is 0 Å². The first-order chi connectivity index (χ1) is 10.1. The lowest BCUT2D eigenvalue weighted by atomic mass is 9.90. The average Bonchev–Trinajstić information content (AvgIpc) is 2.48. The van der Waals surface area contributed by atoms with E-state index in [4.69, 9.17) is 10.5 Å². The number of carbonyl (C=O) groups is 1. The maximum Gasteiger partial charge on any atom is 0.226 e. The molecule has 0 unspecified atom stereocenters. The number of rotatable bonds is 6. The molecule has 1 aromatic carbocycles. The Bertz CT molecular complexity index is 468. The molecule has 0 spiro atoms. The third-order valence-electron chi connectivity index (χ3n) is 4.09. The molecule has 0 bridgehead atoms. The van der Waals surface area contributed by atoms with Crippen LogP contribution in [0.15, 0.2) is 18.2 Å². The van der Waals surface area contributed by atoms with Gasteiger partial charge in [0.2, 0.25) is 5.91 Å². The predicted octanol–water partition coefficient (Wildman–Crippen LogP) is 3.50. The van der Waals surface area contributed by atoms with Crippen molar-refractivity contribution in [3.63, 3.8) is 0 Å². The molecule has 0 atom stereocenters. The second-order valence-electron chi connectivity index (χ2n) is 5.95. The molecule has 0 aliphatic heterocycles. The van der Waals surface area contributed by atoms with Gasteiger partial charge >= 0.3 is 0 Å². The van der Waals surface area contributed by atoms with Gasteiger partial charge in [-0.1, -0.05) is 25.3 Å². The monoisotopic (exact) mass is 290 g/mol. The smallest absolute Gasteiger partial charge is 0.226 e. The van der Waals surface area contributed by atoms with Crippen molar-refractivity contribution in [2.45, 2.75) is 45.4 Å². The summed E-state index contributed by atoms with van der Waals surface area (Å²) in [4.78, 5) is 11.9. The van der Waals surface area contributed by atoms with E-state index >= 15 is 0 Å². The van der Waals surface area contributed by atoms with Crippen molar-refractivity contribution < 1.29 is 9.53 Å². The molecule has 0 radical (unpaired) electrons. The van der Waals surface area contributed by atoms with Crippen LogP contribution >= 0.6 is 0 Å². The maximum atomic E-state index is 11.9. The summed E-state index contributed by atoms with van der Waals surface area (Å²) in [5.41, 5.74) is 8.19. The highest BCUT2D eigenvalue weighted by Gasteiger charge is 2.13. The van der Waals surface area contributed by atoms with Crippen LogP contribution in [0.4, 0.5) is 11.4 Å². The Kier molecular flexibility index (Phi) is 6.05. The van der Waals surface area contributed by atoms with E-state index < -0.39 is 0 Å². The third-order valence-corrected chi connectivity index (χ3v) is 4.09. The lowest BCUT2D eigenvalue weighted by Gasteiger charge is -2.21. The van der Waals surface area contributed by atoms with E-state index in [0.717, 1.165) is 17.9 Å². The van der Waals surface area contributed by atoms with Crippen LogP contribution in [0.25, 0.3) is 0 Å². The van der Waals surface area contributed by atoms with Crippen molar-refractivity contribution in [2.75, 3.05) is 24.3 Å². The average molecular weight is 290 g/mol. The van der Waals surface area contributed by atoms with Gasteiger partial charge in [0.1, 0.15) is 0 Å². The number of nitrogen functional groups attached to an aromatic ring is 1. The van der Waals surface area contributed by atoms with Crippen molar-refractivity contribution in [3.05, 3.63) is 23.8 Å². The zero-order valence-corrected chi connectivity index (χ0v) is 12.9. The van der Waals surface area contributed by atoms with Crippen LogP contribution in [0.5, 0.6) is 0 Å². The van der Waals surface area contributed by atoms with Gasteiger partial charge in [0.25, 0.3) is 0 Å². The number of aryl methyl sites for hydroxylation is 1. The molecule has 1 amide bonds. The third kappa shape index (κ3) is 5.38. The van der Waals surface area contributed by atoms with Crippen molar-refractivity contribution >= 4 is 17.3 Å². The zero-order chi connectivity index (χ0) is 15.1. The van der Waals surface area contributed by atoms with Crippen molar-refractivity contribution in [1.29, 1.82) is 0 Å². The summed E-state index contributed by atoms with van der Waals surface area (Å²) in [5, 5.41) is 2.89. The minimum absolute atomic E-state index is 0.0210. The largest absolute Gasteiger partial charge is 0.399 e. The van der Waals surface area contributed by atoms with Gasteiger partial charge in [-0.3, -0.25) is 4.79 Å². The standard InChI is InChI=1S/C17H26N2O2/c1-13-7-8-15(18)11-16(13)19-17(20)9-10-21-12-14-5-3-2-4-6-14/h7-8,11,14H,2-6,9-10,12,18H2,1H3,(H,19,20). The van der Waals surface area contributed by atoms with Crippen LogP contribution in [0.1, 0.15) is 44.1 Å². The Morgan fingerprint density at radius 2 is 2.10 bits per heavy atom. The minimum Gasteiger partial charge on any atom is -0.399 e. The van der Waals surface area contributed by atoms with Crippen LogP contribution in [0.2, 0.25) is 0 Å². The van der Waals surface area contributed by atoms with Crippen LogP contribution in [0, 0.1) is 12.8 Å². The first-order valence-electron chi connectivity index (χ1n) is 7.89. The fraction of sp³-hybridized carbons (Fsp3) is 0.588. The second-order valence-corrected chi connectivity index (χ2v) is 5.95. The number of amides is 1. The highest BCUT2D eigenvalue weighted by Crippen LogP contribution is 2.23. The van der Waals surface area contributed by atoms with Crippen LogP contribution in [-0.2, 0) is 9.53 Å². The molecule has 116 valence electrons. The summed E-state index contributed by atoms with van der Waals surface area (Å²) in [6.07, 6.45) is 6.94. The summed E-state index contributed by atoms with van der Waals surface area (Å²) in [6, 6.07) is 5.53. The Hall–Kier alpha value is -1.55. The SMILES string of the molecule is Cc1ccc(N)cc1NC(=O)CCOCC1CCCCC1. The van der Waals surface area contributed by atoms with Gasteiger partial charge in [-0.15, -0.1) is 0 Å². The number of hydrogen-bond acceptors (Lipinski definition) is 3. The Morgan fingerprint density at radius 3 is 2.86 bits per heavy atom. The van der Waals surface area contributed by atoms with Crippen LogP contribution in [-0.4, -0.2) is 19.1 Å². The lowest BCUT2D eigenvalue weighted by molar-refractivity contribution is -0.117. The summed E-state index contributed by atoms with van der Waals surface area (Å²) in [5.74, 6) is 0.672. The van der Waals surface area contributed by atoms with Gasteiger partial charge in [-0.05, 0) is 43.4 Å². The molecule has 0 heterocycles. The van der Waals surface area contributed by atoms with E-state index in [1.807, 2.05) is 19.1 Å². The highest BCUT2D eigenvalue weighted by atomic mass is 16.5. The maximum absolute atomic E-state index is 11.9. The first kappa shape index (κ1) is 15.8. The number of benzene rings is 1. The molecule has 1 fully saturated rings. The van der Waals surface area contributed by atoms with Gasteiger partial charge in [0, 0.05) is 18.0 Å². The van der Waals surface area contributed by atoms with Gasteiger partial charge in [-0.25, -0.2) is 0 Å². The number of nitrogens with two attached hydrogens (primary N) is 1. The zero-order valence-electron chi connectivity index (χ0n) is 12.9. The van der Waals surface area contributed by atoms with Crippen molar-refractivity contribution in [2.24, 2.45) is 5.92 Å². The topological polar surface area (TPSA) is 64.3 Å². The van der Waals surface area contributed by atoms with E-state index in [9.17, 15) is 4.79 Å². The molecule has 1 aromatic rings. The number of nitrogens with one attached hydrogen (secondary N) is 1. The molecule has 1 saturated carbocycles. The number of carbonyl (C=O) groups excluding carboxylic acids is 1. The molecular formula is C17H26N2O2. The van der Waals surface area contributed by atoms with Gasteiger partial charge in [0.15, 0.2) is 0 Å². The van der Waals surface area contributed by atoms with Crippen LogP contribution in [0.3, 0.4) is 0 Å². The summed E-state index contributed by atoms with van der Waals surface area (Å²) >= 11 is 0. The number of ether oxygens (including phenoxy) is 1. The first-order valence-corrected chi connectivity index (χ1v) is 7.89. The lowest BCUT2D eigenvalue weighted by Crippen LogP contribution is -2.18. The van der Waals surface area contributed by atoms with E-state index in [0.29, 0.717) is 24.6 Å². The molecule has 21 heavy (non-hydrogen) atoms. The Balaban J connectivity index is 1.66. The molecule has 4 heteroatoms. The normalized spacial score (nSPS) is 15.9. The fourth-order valence-electron chi connectivity index (χ4n) is 2.76. The fourth-order valence-corrected chi connectivity index (χ4v) is 2.76. The molecule has 1 aliphatic carbocycles. The summed E-state index contributed by atoms with van der Waals surface area (Å²) in [7, 11) is 0. The molecule has 4 nitrogen and oxygen atoms in total. The highest BCUT2D eigenvalue weighted by molar-refractivity contribution is 5.92. The molecule has 0 aromatic heterocycles. The molecule has 2 rings (SSSR count). The molecule has 0 saturated heterocycles. The van der Waals surface area contributed by atoms with Gasteiger partial charge in [0.05, 0.1) is 13.0 Å². The molecular weight excluding hydrogens is 264 g/mol. The van der Waals surface area contributed by atoms with Gasteiger partial charge < -0.3 is 15.8 Å². The number of hydrogen-bond donors (Lipinski definition) is 2. The predicted molar refractivity (Wildman–Crippen MR) is 86.2 cm³/mol. The molecule has 1 aliphatic rings. The minimum atomic E-state index is -0.0210. The van der Waals surface area contributed by atoms with E-state index in [1.165, 1.54) is 32.1 Å². The Morgan fingerprint density at radius 1 is 1.33 bits per heavy atom. The van der Waals surface area contributed by atoms with E-state index in [-0.39, 0.29) is 5.91 Å². The quantitative estimate of drug-likeness (QED) is 0.622. The number of anilines is 2. The Labute approximate surface area is 127 Å². The summed E-state index contributed by atoms with van der Waals surface area (Å²) in [6.45, 7) is 3.24. The van der Waals surface area contributed by atoms with Crippen molar-refractivity contribution in [1.82, 2.24) is 0 Å². The van der Waals surface area contributed by atoms with E-state index in [2.05, 4.69) is 5.32 Å². The van der Waals surface area contributed by atoms with Crippen molar-refractivity contribution in [3.8, 4) is 0 Å². The second kappa shape index (κ2) is 8.03. The summed E-state index contributed by atoms with van der Waals surface area (Å²) < 4.78 is 5.65. The van der Waals surface area contributed by atoms with Crippen LogP contribution < -0.4 is 11.1 Å². The van der Waals surface area contributed by atoms with E-state index in [1.54, 1.807) is 6.07 Å².